The van der Waals surface area contributed by atoms with Gasteiger partial charge in [-0.3, -0.25) is 0 Å². The Hall–Kier alpha value is -1.55. The van der Waals surface area contributed by atoms with E-state index in [2.05, 4.69) is 36.4 Å². The molecule has 0 atom stereocenters. The van der Waals surface area contributed by atoms with Crippen LogP contribution in [0.4, 0.5) is 0 Å². The summed E-state index contributed by atoms with van der Waals surface area (Å²) in [6.45, 7) is 0. The van der Waals surface area contributed by atoms with Gasteiger partial charge < -0.3 is 0 Å². The van der Waals surface area contributed by atoms with Gasteiger partial charge >= 0.3 is 0 Å². The maximum Gasteiger partial charge on any atom is 0.0625 e. The summed E-state index contributed by atoms with van der Waals surface area (Å²) < 4.78 is 0. The lowest BCUT2D eigenvalue weighted by atomic mass is 9.88. The van der Waals surface area contributed by atoms with Gasteiger partial charge in [0.05, 0.1) is 6.07 Å². The fraction of sp³-hybridized carbons (Fsp3) is 0.526. The Labute approximate surface area is 123 Å². The van der Waals surface area contributed by atoms with E-state index in [4.69, 9.17) is 5.26 Å². The number of hydrogen-bond acceptors (Lipinski definition) is 1. The molecule has 0 amide bonds. The summed E-state index contributed by atoms with van der Waals surface area (Å²) in [4.78, 5) is 0. The molecule has 0 heterocycles. The van der Waals surface area contributed by atoms with Crippen LogP contribution < -0.4 is 0 Å². The predicted molar refractivity (Wildman–Crippen MR) is 84.3 cm³/mol. The maximum absolute atomic E-state index is 8.91. The first-order valence-corrected chi connectivity index (χ1v) is 8.01. The van der Waals surface area contributed by atoms with E-state index in [1.807, 2.05) is 0 Å². The van der Waals surface area contributed by atoms with Crippen LogP contribution in [-0.4, -0.2) is 0 Å². The summed E-state index contributed by atoms with van der Waals surface area (Å²) >= 11 is 0. The molecule has 0 N–H and O–H groups in total. The van der Waals surface area contributed by atoms with Gasteiger partial charge in [0.2, 0.25) is 0 Å². The molecule has 0 unspecified atom stereocenters. The first kappa shape index (κ1) is 14.9. The van der Waals surface area contributed by atoms with E-state index in [1.54, 1.807) is 11.1 Å². The van der Waals surface area contributed by atoms with Crippen LogP contribution in [0.3, 0.4) is 0 Å². The van der Waals surface area contributed by atoms with Crippen molar-refractivity contribution in [3.8, 4) is 6.07 Å². The van der Waals surface area contributed by atoms with Crippen molar-refractivity contribution < 1.29 is 0 Å². The second-order valence-corrected chi connectivity index (χ2v) is 5.80. The molecule has 0 aromatic heterocycles. The Morgan fingerprint density at radius 2 is 1.60 bits per heavy atom. The second-order valence-electron chi connectivity index (χ2n) is 5.80. The molecular weight excluding hydrogens is 242 g/mol. The van der Waals surface area contributed by atoms with Gasteiger partial charge in [-0.2, -0.15) is 5.26 Å². The number of benzene rings is 1. The molecule has 0 bridgehead atoms. The highest BCUT2D eigenvalue weighted by molar-refractivity contribution is 5.26. The minimum absolute atomic E-state index is 0.658. The van der Waals surface area contributed by atoms with E-state index in [1.165, 1.54) is 50.5 Å². The van der Waals surface area contributed by atoms with E-state index in [9.17, 15) is 0 Å². The van der Waals surface area contributed by atoms with Crippen molar-refractivity contribution in [3.63, 3.8) is 0 Å². The third-order valence-electron chi connectivity index (χ3n) is 4.26. The number of hydrogen-bond donors (Lipinski definition) is 0. The van der Waals surface area contributed by atoms with Crippen molar-refractivity contribution >= 4 is 0 Å². The molecule has 1 fully saturated rings. The van der Waals surface area contributed by atoms with E-state index in [0.717, 1.165) is 12.8 Å². The zero-order chi connectivity index (χ0) is 14.0. The van der Waals surface area contributed by atoms with Crippen LogP contribution in [0.15, 0.2) is 41.5 Å². The average Bonchev–Trinajstić information content (AvgIpc) is 2.45. The van der Waals surface area contributed by atoms with E-state index in [0.29, 0.717) is 6.42 Å². The first-order chi connectivity index (χ1) is 9.90. The molecule has 20 heavy (non-hydrogen) atoms. The number of allylic oxidation sites excluding steroid dienone is 2. The molecule has 0 spiro atoms. The van der Waals surface area contributed by atoms with Crippen molar-refractivity contribution in [1.82, 2.24) is 0 Å². The lowest BCUT2D eigenvalue weighted by Crippen LogP contribution is -2.00. The molecular formula is C19H25N. The molecule has 0 saturated heterocycles. The van der Waals surface area contributed by atoms with Crippen molar-refractivity contribution in [2.45, 2.75) is 64.2 Å². The topological polar surface area (TPSA) is 23.8 Å². The Morgan fingerprint density at radius 1 is 0.950 bits per heavy atom. The van der Waals surface area contributed by atoms with Gasteiger partial charge in [0.25, 0.3) is 0 Å². The molecule has 0 radical (unpaired) electrons. The maximum atomic E-state index is 8.91. The number of nitriles is 1. The van der Waals surface area contributed by atoms with Gasteiger partial charge in [-0.05, 0) is 44.1 Å². The largest absolute Gasteiger partial charge is 0.198 e. The van der Waals surface area contributed by atoms with Crippen molar-refractivity contribution in [1.29, 1.82) is 5.26 Å². The Balaban J connectivity index is 2.13. The molecule has 2 rings (SSSR count). The summed E-state index contributed by atoms with van der Waals surface area (Å²) in [5.74, 6) is 0. The molecule has 1 saturated carbocycles. The normalized spacial score (nSPS) is 16.1. The van der Waals surface area contributed by atoms with Crippen molar-refractivity contribution in [2.75, 3.05) is 0 Å². The summed E-state index contributed by atoms with van der Waals surface area (Å²) in [5.41, 5.74) is 4.58. The molecule has 1 aliphatic carbocycles. The molecule has 1 nitrogen and oxygen atoms in total. The molecule has 1 aliphatic rings. The third-order valence-corrected chi connectivity index (χ3v) is 4.26. The number of nitrogens with zero attached hydrogens (tertiary/aromatic N) is 1. The summed E-state index contributed by atoms with van der Waals surface area (Å²) in [7, 11) is 0. The van der Waals surface area contributed by atoms with Crippen LogP contribution in [-0.2, 0) is 6.42 Å². The van der Waals surface area contributed by atoms with Crippen LogP contribution in [0.2, 0.25) is 0 Å². The highest BCUT2D eigenvalue weighted by atomic mass is 14.2. The monoisotopic (exact) mass is 267 g/mol. The second kappa shape index (κ2) is 8.59. The number of rotatable bonds is 4. The Kier molecular flexibility index (Phi) is 6.38. The summed E-state index contributed by atoms with van der Waals surface area (Å²) in [6, 6.07) is 13.0. The molecule has 1 aromatic carbocycles. The van der Waals surface area contributed by atoms with E-state index < -0.39 is 0 Å². The molecule has 1 aromatic rings. The van der Waals surface area contributed by atoms with Crippen LogP contribution in [0, 0.1) is 11.3 Å². The van der Waals surface area contributed by atoms with Crippen LogP contribution in [0.5, 0.6) is 0 Å². The van der Waals surface area contributed by atoms with E-state index >= 15 is 0 Å². The van der Waals surface area contributed by atoms with Crippen LogP contribution >= 0.6 is 0 Å². The molecule has 106 valence electrons. The lowest BCUT2D eigenvalue weighted by Gasteiger charge is -2.18. The fourth-order valence-corrected chi connectivity index (χ4v) is 3.12. The Bertz CT molecular complexity index is 454. The predicted octanol–water partition coefficient (Wildman–Crippen LogP) is 5.57. The van der Waals surface area contributed by atoms with Gasteiger partial charge in [-0.1, -0.05) is 60.7 Å². The minimum atomic E-state index is 0.658. The van der Waals surface area contributed by atoms with Crippen LogP contribution in [0.25, 0.3) is 0 Å². The van der Waals surface area contributed by atoms with Gasteiger partial charge in [0.15, 0.2) is 0 Å². The van der Waals surface area contributed by atoms with Gasteiger partial charge in [0.1, 0.15) is 0 Å². The van der Waals surface area contributed by atoms with Crippen molar-refractivity contribution in [2.24, 2.45) is 0 Å². The smallest absolute Gasteiger partial charge is 0.0625 e. The highest BCUT2D eigenvalue weighted by Gasteiger charge is 2.10. The van der Waals surface area contributed by atoms with Gasteiger partial charge in [-0.25, -0.2) is 0 Å². The quantitative estimate of drug-likeness (QED) is 0.654. The van der Waals surface area contributed by atoms with Crippen LogP contribution in [0.1, 0.15) is 63.4 Å². The zero-order valence-electron chi connectivity index (χ0n) is 12.4. The fourth-order valence-electron chi connectivity index (χ4n) is 3.12. The molecule has 0 aliphatic heterocycles. The lowest BCUT2D eigenvalue weighted by molar-refractivity contribution is 0.562. The minimum Gasteiger partial charge on any atom is -0.198 e. The SMILES string of the molecule is N#CCCC(Cc1ccccc1)=C1CCCCCCC1. The summed E-state index contributed by atoms with van der Waals surface area (Å²) in [6.07, 6.45) is 12.0. The zero-order valence-corrected chi connectivity index (χ0v) is 12.4. The van der Waals surface area contributed by atoms with Gasteiger partial charge in [-0.15, -0.1) is 0 Å². The standard InChI is InChI=1S/C19H25N/c20-15-9-14-19(16-17-10-5-4-6-11-17)18-12-7-2-1-3-8-13-18/h4-6,10-11H,1-3,7-9,12-14,16H2. The Morgan fingerprint density at radius 3 is 2.25 bits per heavy atom. The van der Waals surface area contributed by atoms with Crippen molar-refractivity contribution in [3.05, 3.63) is 47.0 Å². The summed E-state index contributed by atoms with van der Waals surface area (Å²) in [5, 5.41) is 8.91. The first-order valence-electron chi connectivity index (χ1n) is 8.01. The van der Waals surface area contributed by atoms with E-state index in [-0.39, 0.29) is 0 Å². The average molecular weight is 267 g/mol. The van der Waals surface area contributed by atoms with Gasteiger partial charge in [0, 0.05) is 6.42 Å². The highest BCUT2D eigenvalue weighted by Crippen LogP contribution is 2.28. The third kappa shape index (κ3) is 4.85. The molecule has 1 heteroatoms.